The Bertz CT molecular complexity index is 991. The number of nitrogens with zero attached hydrogens (tertiary/aromatic N) is 4. The maximum atomic E-state index is 15.5. The Morgan fingerprint density at radius 1 is 1.15 bits per heavy atom. The zero-order chi connectivity index (χ0) is 23.6. The van der Waals surface area contributed by atoms with Crippen molar-refractivity contribution in [3.8, 4) is 0 Å². The number of nitrogens with two attached hydrogens (primary N) is 1. The summed E-state index contributed by atoms with van der Waals surface area (Å²) >= 11 is 0. The molecular weight excluding hydrogens is 438 g/mol. The maximum Gasteiger partial charge on any atom is 0.260 e. The number of likely N-dealkylation sites (tertiary alicyclic amines) is 2. The van der Waals surface area contributed by atoms with Gasteiger partial charge in [-0.25, -0.2) is 22.5 Å². The van der Waals surface area contributed by atoms with Crippen LogP contribution in [0.5, 0.6) is 0 Å². The van der Waals surface area contributed by atoms with E-state index in [-0.39, 0.29) is 38.8 Å². The van der Waals surface area contributed by atoms with Gasteiger partial charge in [0.05, 0.1) is 6.20 Å². The monoisotopic (exact) mass is 465 g/mol. The van der Waals surface area contributed by atoms with E-state index in [1.807, 2.05) is 6.07 Å². The Balaban J connectivity index is 1.29. The molecule has 0 spiro atoms. The first-order valence-corrected chi connectivity index (χ1v) is 11.1. The predicted octanol–water partition coefficient (Wildman–Crippen LogP) is 3.59. The third-order valence-electron chi connectivity index (χ3n) is 6.62. The molecular formula is C23H27F4N5O. The number of carbonyl (C=O) groups excluding carboxylic acids is 1. The van der Waals surface area contributed by atoms with Gasteiger partial charge in [-0.15, -0.1) is 0 Å². The molecule has 1 amide bonds. The fourth-order valence-corrected chi connectivity index (χ4v) is 4.66. The molecule has 1 atom stereocenters. The lowest BCUT2D eigenvalue weighted by atomic mass is 9.87. The molecule has 2 aromatic heterocycles. The predicted molar refractivity (Wildman–Crippen MR) is 114 cm³/mol. The Kier molecular flexibility index (Phi) is 6.83. The molecule has 0 saturated carbocycles. The Morgan fingerprint density at radius 3 is 2.48 bits per heavy atom. The molecule has 178 valence electrons. The van der Waals surface area contributed by atoms with E-state index in [4.69, 9.17) is 5.73 Å². The first kappa shape index (κ1) is 23.4. The lowest BCUT2D eigenvalue weighted by Gasteiger charge is -2.40. The molecule has 4 heterocycles. The number of aromatic nitrogens is 2. The third-order valence-corrected chi connectivity index (χ3v) is 6.62. The number of carbonyl (C=O) groups is 1. The molecule has 2 N–H and O–H groups in total. The molecule has 6 nitrogen and oxygen atoms in total. The molecule has 2 saturated heterocycles. The van der Waals surface area contributed by atoms with Crippen molar-refractivity contribution in [3.63, 3.8) is 0 Å². The van der Waals surface area contributed by atoms with Gasteiger partial charge >= 0.3 is 0 Å². The van der Waals surface area contributed by atoms with Gasteiger partial charge in [0.2, 0.25) is 0 Å². The summed E-state index contributed by atoms with van der Waals surface area (Å²) in [6, 6.07) is 4.24. The van der Waals surface area contributed by atoms with Crippen molar-refractivity contribution in [1.82, 2.24) is 19.8 Å². The normalized spacial score (nSPS) is 20.5. The van der Waals surface area contributed by atoms with Crippen LogP contribution in [0.15, 0.2) is 30.6 Å². The minimum atomic E-state index is -1.94. The zero-order valence-electron chi connectivity index (χ0n) is 18.2. The second-order valence-corrected chi connectivity index (χ2v) is 8.88. The van der Waals surface area contributed by atoms with Crippen LogP contribution in [0.3, 0.4) is 0 Å². The topological polar surface area (TPSA) is 75.3 Å². The number of hydrogen-bond donors (Lipinski definition) is 1. The summed E-state index contributed by atoms with van der Waals surface area (Å²) in [4.78, 5) is 24.0. The van der Waals surface area contributed by atoms with Crippen LogP contribution in [0.1, 0.15) is 43.1 Å². The number of anilines is 1. The number of piperidine rings is 2. The average Bonchev–Trinajstić information content (AvgIpc) is 2.80. The average molecular weight is 465 g/mol. The summed E-state index contributed by atoms with van der Waals surface area (Å²) in [5.41, 5.74) is 4.32. The summed E-state index contributed by atoms with van der Waals surface area (Å²) in [6.07, 6.45) is 1.41. The molecule has 2 aromatic rings. The number of nitrogen functional groups attached to an aromatic ring is 1. The molecule has 0 aliphatic carbocycles. The van der Waals surface area contributed by atoms with E-state index < -0.39 is 41.0 Å². The lowest BCUT2D eigenvalue weighted by Crippen LogP contribution is -2.54. The van der Waals surface area contributed by atoms with Crippen LogP contribution >= 0.6 is 0 Å². The number of rotatable bonds is 5. The van der Waals surface area contributed by atoms with Gasteiger partial charge in [-0.2, -0.15) is 0 Å². The second kappa shape index (κ2) is 9.62. The first-order chi connectivity index (χ1) is 15.7. The highest BCUT2D eigenvalue weighted by atomic mass is 19.2. The van der Waals surface area contributed by atoms with Crippen molar-refractivity contribution in [2.45, 2.75) is 44.1 Å². The number of alkyl halides is 2. The van der Waals surface area contributed by atoms with Crippen molar-refractivity contribution in [1.29, 1.82) is 0 Å². The zero-order valence-corrected chi connectivity index (χ0v) is 18.2. The summed E-state index contributed by atoms with van der Waals surface area (Å²) in [6.45, 7) is 1.86. The molecule has 2 aliphatic heterocycles. The van der Waals surface area contributed by atoms with Crippen LogP contribution < -0.4 is 5.73 Å². The molecule has 4 rings (SSSR count). The highest BCUT2D eigenvalue weighted by molar-refractivity contribution is 5.85. The molecule has 1 unspecified atom stereocenters. The van der Waals surface area contributed by atoms with Crippen molar-refractivity contribution in [2.75, 3.05) is 31.9 Å². The van der Waals surface area contributed by atoms with E-state index >= 15 is 4.39 Å². The lowest BCUT2D eigenvalue weighted by molar-refractivity contribution is -0.149. The largest absolute Gasteiger partial charge is 0.384 e. The highest BCUT2D eigenvalue weighted by Crippen LogP contribution is 2.36. The Labute approximate surface area is 189 Å². The molecule has 0 radical (unpaired) electrons. The molecule has 2 aliphatic rings. The van der Waals surface area contributed by atoms with Crippen LogP contribution in [-0.4, -0.2) is 57.5 Å². The van der Waals surface area contributed by atoms with E-state index in [0.29, 0.717) is 31.5 Å². The van der Waals surface area contributed by atoms with Crippen LogP contribution in [0.25, 0.3) is 0 Å². The van der Waals surface area contributed by atoms with Crippen molar-refractivity contribution < 1.29 is 22.4 Å². The molecule has 33 heavy (non-hydrogen) atoms. The number of halogens is 4. The highest BCUT2D eigenvalue weighted by Gasteiger charge is 2.45. The van der Waals surface area contributed by atoms with Crippen LogP contribution in [-0.2, 0) is 11.3 Å². The van der Waals surface area contributed by atoms with Crippen LogP contribution in [0, 0.1) is 17.6 Å². The summed E-state index contributed by atoms with van der Waals surface area (Å²) < 4.78 is 57.2. The minimum Gasteiger partial charge on any atom is -0.384 e. The number of hydrogen-bond acceptors (Lipinski definition) is 5. The first-order valence-electron chi connectivity index (χ1n) is 11.1. The smallest absolute Gasteiger partial charge is 0.260 e. The standard InChI is InChI=1S/C23H27F4N5O/c24-17-12-18(25)21(30-13-17)20(26)16-2-7-32(8-3-16)22(33)23(27)4-9-31(10-5-23)14-15-1-6-29-19(28)11-15/h1,6,11-13,16,20H,2-5,7-10,14H2,(H2,28,29). The molecule has 10 heteroatoms. The molecule has 2 fully saturated rings. The fourth-order valence-electron chi connectivity index (χ4n) is 4.66. The van der Waals surface area contributed by atoms with E-state index in [2.05, 4.69) is 14.9 Å². The van der Waals surface area contributed by atoms with E-state index in [9.17, 15) is 18.0 Å². The summed E-state index contributed by atoms with van der Waals surface area (Å²) in [5.74, 6) is -2.59. The molecule has 0 bridgehead atoms. The quantitative estimate of drug-likeness (QED) is 0.683. The van der Waals surface area contributed by atoms with Gasteiger partial charge in [0.15, 0.2) is 11.5 Å². The van der Waals surface area contributed by atoms with Gasteiger partial charge in [-0.3, -0.25) is 14.7 Å². The van der Waals surface area contributed by atoms with Crippen LogP contribution in [0.4, 0.5) is 23.4 Å². The van der Waals surface area contributed by atoms with Crippen molar-refractivity contribution in [2.24, 2.45) is 5.92 Å². The third kappa shape index (κ3) is 5.26. The SMILES string of the molecule is Nc1cc(CN2CCC(F)(C(=O)N3CCC(C(F)c4ncc(F)cc4F)CC3)CC2)ccn1. The van der Waals surface area contributed by atoms with E-state index in [0.717, 1.165) is 11.8 Å². The van der Waals surface area contributed by atoms with Crippen molar-refractivity contribution in [3.05, 3.63) is 53.5 Å². The second-order valence-electron chi connectivity index (χ2n) is 8.88. The van der Waals surface area contributed by atoms with Gasteiger partial charge in [0.25, 0.3) is 5.91 Å². The summed E-state index contributed by atoms with van der Waals surface area (Å²) in [5, 5.41) is 0. The van der Waals surface area contributed by atoms with Gasteiger partial charge in [-0.1, -0.05) is 0 Å². The fraction of sp³-hybridized carbons (Fsp3) is 0.522. The minimum absolute atomic E-state index is 0.0861. The summed E-state index contributed by atoms with van der Waals surface area (Å²) in [7, 11) is 0. The van der Waals surface area contributed by atoms with E-state index in [1.54, 1.807) is 12.3 Å². The van der Waals surface area contributed by atoms with Crippen molar-refractivity contribution >= 4 is 11.7 Å². The number of pyridine rings is 2. The van der Waals surface area contributed by atoms with E-state index in [1.165, 1.54) is 4.90 Å². The molecule has 0 aromatic carbocycles. The van der Waals surface area contributed by atoms with Gasteiger partial charge in [-0.05, 0) is 36.5 Å². The maximum absolute atomic E-state index is 15.5. The van der Waals surface area contributed by atoms with Gasteiger partial charge in [0, 0.05) is 57.8 Å². The Hall–Kier alpha value is -2.75. The van der Waals surface area contributed by atoms with Gasteiger partial charge < -0.3 is 10.6 Å². The Morgan fingerprint density at radius 2 is 1.85 bits per heavy atom. The number of amides is 1. The van der Waals surface area contributed by atoms with Crippen LogP contribution in [0.2, 0.25) is 0 Å². The van der Waals surface area contributed by atoms with Gasteiger partial charge in [0.1, 0.15) is 23.5 Å².